The molecule has 2 aromatic rings. The number of thiocarbonyl (C=S) groups is 1. The molecule has 0 bridgehead atoms. The smallest absolute Gasteiger partial charge is 0.111 e. The van der Waals surface area contributed by atoms with E-state index in [2.05, 4.69) is 48.5 Å². The second kappa shape index (κ2) is 8.39. The largest absolute Gasteiger partial charge is 0.386 e. The third-order valence-corrected chi connectivity index (χ3v) is 5.64. The molecule has 0 atom stereocenters. The first-order chi connectivity index (χ1) is 8.75. The van der Waals surface area contributed by atoms with Crippen molar-refractivity contribution in [2.45, 2.75) is 11.5 Å². The summed E-state index contributed by atoms with van der Waals surface area (Å²) >= 11 is 5.22. The third kappa shape index (κ3) is 5.37. The van der Waals surface area contributed by atoms with Crippen molar-refractivity contribution in [2.75, 3.05) is 0 Å². The van der Waals surface area contributed by atoms with E-state index in [1.165, 1.54) is 11.1 Å². The van der Waals surface area contributed by atoms with Gasteiger partial charge in [-0.2, -0.15) is 10.9 Å². The van der Waals surface area contributed by atoms with Crippen molar-refractivity contribution in [2.24, 2.45) is 5.73 Å². The van der Waals surface area contributed by atoms with E-state index in [4.69, 9.17) is 18.0 Å². The molecule has 2 N–H and O–H groups in total. The molecule has 0 saturated carbocycles. The van der Waals surface area contributed by atoms with Gasteiger partial charge in [0.25, 0.3) is 0 Å². The van der Waals surface area contributed by atoms with Gasteiger partial charge in [-0.15, -0.1) is 0 Å². The fourth-order valence-corrected chi connectivity index (χ4v) is 3.93. The fourth-order valence-electron chi connectivity index (χ4n) is 1.82. The van der Waals surface area contributed by atoms with E-state index in [0.717, 1.165) is 11.5 Å². The number of hydrogen-bond acceptors (Lipinski definition) is 1. The summed E-state index contributed by atoms with van der Waals surface area (Å²) in [6, 6.07) is 20.9. The molecule has 19 heavy (non-hydrogen) atoms. The summed E-state index contributed by atoms with van der Waals surface area (Å²) in [7, 11) is -0.463. The minimum atomic E-state index is -0.463. The maximum absolute atomic E-state index is 5.89. The van der Waals surface area contributed by atoms with E-state index >= 15 is 0 Å². The topological polar surface area (TPSA) is 26.0 Å². The molecule has 0 heterocycles. The van der Waals surface area contributed by atoms with Crippen LogP contribution in [0, 0.1) is 0 Å². The first kappa shape index (κ1) is 16.3. The van der Waals surface area contributed by atoms with Crippen molar-refractivity contribution in [1.29, 1.82) is 0 Å². The molecular formula is C15H17CuNS2. The van der Waals surface area contributed by atoms with E-state index in [9.17, 15) is 0 Å². The first-order valence-electron chi connectivity index (χ1n) is 5.88. The number of hydrogen-bond donors (Lipinski definition) is 2. The summed E-state index contributed by atoms with van der Waals surface area (Å²) in [5, 5.41) is 0. The predicted octanol–water partition coefficient (Wildman–Crippen LogP) is 3.63. The van der Waals surface area contributed by atoms with E-state index in [1.807, 2.05) is 12.1 Å². The molecule has 0 aliphatic heterocycles. The molecule has 0 aliphatic rings. The molecule has 0 amide bonds. The van der Waals surface area contributed by atoms with Crippen LogP contribution in [-0.2, 0) is 28.6 Å². The van der Waals surface area contributed by atoms with Crippen LogP contribution in [0.2, 0.25) is 0 Å². The number of thiol groups is 1. The van der Waals surface area contributed by atoms with Crippen LogP contribution in [-0.4, -0.2) is 4.32 Å². The standard InChI is InChI=1S/C15H17NS2.Cu/c16-15(17)18(11-13-7-3-1-4-8-13)12-14-9-5-2-6-10-14;/h1-10,18H,11-12H2,(H2,16,17);. The van der Waals surface area contributed by atoms with Crippen LogP contribution in [0.15, 0.2) is 60.7 Å². The number of nitrogens with two attached hydrogens (primary N) is 1. The Kier molecular flexibility index (Phi) is 7.17. The fraction of sp³-hybridized carbons (Fsp3) is 0.133. The molecule has 0 fully saturated rings. The number of rotatable bonds is 4. The van der Waals surface area contributed by atoms with Crippen molar-refractivity contribution >= 4 is 27.4 Å². The average Bonchev–Trinajstić information content (AvgIpc) is 2.40. The Morgan fingerprint density at radius 1 is 0.842 bits per heavy atom. The van der Waals surface area contributed by atoms with Gasteiger partial charge in [0, 0.05) is 28.6 Å². The molecule has 0 unspecified atom stereocenters. The van der Waals surface area contributed by atoms with Gasteiger partial charge in [0.2, 0.25) is 0 Å². The molecule has 1 radical (unpaired) electrons. The maximum Gasteiger partial charge on any atom is 0.111 e. The monoisotopic (exact) mass is 338 g/mol. The Morgan fingerprint density at radius 3 is 1.53 bits per heavy atom. The summed E-state index contributed by atoms with van der Waals surface area (Å²) < 4.78 is 0.665. The van der Waals surface area contributed by atoms with E-state index in [-0.39, 0.29) is 17.1 Å². The molecule has 2 rings (SSSR count). The van der Waals surface area contributed by atoms with Gasteiger partial charge >= 0.3 is 0 Å². The van der Waals surface area contributed by atoms with E-state index in [0.29, 0.717) is 4.32 Å². The zero-order valence-corrected chi connectivity index (χ0v) is 13.1. The van der Waals surface area contributed by atoms with Gasteiger partial charge in [0.1, 0.15) is 4.32 Å². The van der Waals surface area contributed by atoms with E-state index < -0.39 is 10.9 Å². The summed E-state index contributed by atoms with van der Waals surface area (Å²) in [6.07, 6.45) is 0. The zero-order valence-electron chi connectivity index (χ0n) is 10.4. The van der Waals surface area contributed by atoms with Crippen molar-refractivity contribution in [3.63, 3.8) is 0 Å². The molecule has 1 nitrogen and oxygen atoms in total. The van der Waals surface area contributed by atoms with Crippen molar-refractivity contribution in [3.05, 3.63) is 71.8 Å². The molecule has 0 saturated heterocycles. The van der Waals surface area contributed by atoms with Gasteiger partial charge < -0.3 is 5.73 Å². The predicted molar refractivity (Wildman–Crippen MR) is 86.1 cm³/mol. The van der Waals surface area contributed by atoms with Crippen molar-refractivity contribution < 1.29 is 17.1 Å². The summed E-state index contributed by atoms with van der Waals surface area (Å²) in [6.45, 7) is 0. The van der Waals surface area contributed by atoms with Crippen LogP contribution in [0.4, 0.5) is 0 Å². The molecule has 2 aromatic carbocycles. The SMILES string of the molecule is NC(=S)[SH](Cc1ccccc1)Cc1ccccc1.[Cu]. The Balaban J connectivity index is 0.00000180. The normalized spacial score (nSPS) is 10.4. The molecule has 0 aromatic heterocycles. The summed E-state index contributed by atoms with van der Waals surface area (Å²) in [4.78, 5) is 0. The molecular weight excluding hydrogens is 322 g/mol. The minimum absolute atomic E-state index is 0. The first-order valence-corrected chi connectivity index (χ1v) is 8.00. The van der Waals surface area contributed by atoms with Crippen LogP contribution in [0.3, 0.4) is 0 Å². The second-order valence-corrected chi connectivity index (χ2v) is 7.10. The Hall–Kier alpha value is -0.801. The Bertz CT molecular complexity index is 461. The Labute approximate surface area is 133 Å². The van der Waals surface area contributed by atoms with Crippen LogP contribution >= 0.6 is 23.1 Å². The Morgan fingerprint density at radius 2 is 1.21 bits per heavy atom. The van der Waals surface area contributed by atoms with Gasteiger partial charge in [-0.1, -0.05) is 72.9 Å². The molecule has 4 heteroatoms. The average molecular weight is 339 g/mol. The van der Waals surface area contributed by atoms with Crippen LogP contribution in [0.25, 0.3) is 0 Å². The number of benzene rings is 2. The minimum Gasteiger partial charge on any atom is -0.386 e. The maximum atomic E-state index is 5.89. The van der Waals surface area contributed by atoms with Gasteiger partial charge in [-0.05, 0) is 11.1 Å². The second-order valence-electron chi connectivity index (χ2n) is 4.17. The van der Waals surface area contributed by atoms with Gasteiger partial charge in [-0.3, -0.25) is 0 Å². The molecule has 0 aliphatic carbocycles. The summed E-state index contributed by atoms with van der Waals surface area (Å²) in [5.74, 6) is 1.95. The van der Waals surface area contributed by atoms with Gasteiger partial charge in [0.15, 0.2) is 0 Å². The van der Waals surface area contributed by atoms with E-state index in [1.54, 1.807) is 0 Å². The van der Waals surface area contributed by atoms with Crippen LogP contribution < -0.4 is 5.73 Å². The van der Waals surface area contributed by atoms with Crippen molar-refractivity contribution in [3.8, 4) is 0 Å². The molecule has 0 spiro atoms. The summed E-state index contributed by atoms with van der Waals surface area (Å²) in [5.41, 5.74) is 8.52. The quantitative estimate of drug-likeness (QED) is 0.506. The van der Waals surface area contributed by atoms with Gasteiger partial charge in [-0.25, -0.2) is 0 Å². The molecule has 105 valence electrons. The van der Waals surface area contributed by atoms with Crippen molar-refractivity contribution in [1.82, 2.24) is 0 Å². The van der Waals surface area contributed by atoms with Crippen LogP contribution in [0.5, 0.6) is 0 Å². The van der Waals surface area contributed by atoms with Gasteiger partial charge in [0.05, 0.1) is 0 Å². The van der Waals surface area contributed by atoms with Crippen LogP contribution in [0.1, 0.15) is 11.1 Å². The third-order valence-electron chi connectivity index (χ3n) is 2.74. The zero-order chi connectivity index (χ0) is 12.8.